The van der Waals surface area contributed by atoms with Crippen LogP contribution in [0.15, 0.2) is 38.3 Å². The Morgan fingerprint density at radius 1 is 0.909 bits per heavy atom. The van der Waals surface area contributed by atoms with E-state index in [-0.39, 0.29) is 17.9 Å². The molecule has 0 bridgehead atoms. The molecule has 33 heavy (non-hydrogen) atoms. The minimum Gasteiger partial charge on any atom is -0.462 e. The van der Waals surface area contributed by atoms with Crippen molar-refractivity contribution in [3.63, 3.8) is 0 Å². The molecule has 0 rings (SSSR count). The Kier molecular flexibility index (Phi) is 25.9. The molecule has 0 aromatic carbocycles. The molecule has 0 aliphatic carbocycles. The summed E-state index contributed by atoms with van der Waals surface area (Å²) in [5.41, 5.74) is 0.404. The summed E-state index contributed by atoms with van der Waals surface area (Å²) in [5.74, 6) is -0.292. The first-order valence-corrected chi connectivity index (χ1v) is 11.8. The number of esters is 3. The van der Waals surface area contributed by atoms with Crippen LogP contribution >= 0.6 is 0 Å². The normalized spacial score (nSPS) is 10.7. The standard InChI is InChI=1S/C12H22O2.C11H20O2.C4H6O2/c1-5-14-11(13)9-7-6-8-10-12(2,3)4;1-4-7-8-10(5-2)9-13-11(12)6-3;1-3-6-4(2)5/h5H,1,6-10H2,2-4H3;6,10H,3-5,7-9H2,1-2H3;3H,1H2,2H3. The Labute approximate surface area is 202 Å². The smallest absolute Gasteiger partial charge is 0.330 e. The fourth-order valence-corrected chi connectivity index (χ4v) is 2.53. The summed E-state index contributed by atoms with van der Waals surface area (Å²) in [5, 5.41) is 0. The molecule has 0 radical (unpaired) electrons. The van der Waals surface area contributed by atoms with Gasteiger partial charge in [-0.05, 0) is 30.6 Å². The first-order valence-electron chi connectivity index (χ1n) is 11.8. The number of carbonyl (C=O) groups is 3. The van der Waals surface area contributed by atoms with E-state index in [0.29, 0.717) is 24.4 Å². The van der Waals surface area contributed by atoms with E-state index in [1.54, 1.807) is 0 Å². The fraction of sp³-hybridized carbons (Fsp3) is 0.667. The maximum atomic E-state index is 10.9. The second kappa shape index (κ2) is 24.3. The van der Waals surface area contributed by atoms with Gasteiger partial charge in [0.1, 0.15) is 0 Å². The molecule has 0 fully saturated rings. The molecule has 0 aliphatic heterocycles. The zero-order valence-corrected chi connectivity index (χ0v) is 22.0. The first kappa shape index (κ1) is 35.2. The molecular weight excluding hydrogens is 420 g/mol. The fourth-order valence-electron chi connectivity index (χ4n) is 2.53. The van der Waals surface area contributed by atoms with E-state index in [2.05, 4.69) is 63.8 Å². The summed E-state index contributed by atoms with van der Waals surface area (Å²) in [6.07, 6.45) is 13.1. The number of ether oxygens (including phenoxy) is 3. The van der Waals surface area contributed by atoms with Crippen molar-refractivity contribution in [1.82, 2.24) is 0 Å². The zero-order valence-electron chi connectivity index (χ0n) is 22.0. The summed E-state index contributed by atoms with van der Waals surface area (Å²) in [6, 6.07) is 0. The number of rotatable bonds is 14. The van der Waals surface area contributed by atoms with Gasteiger partial charge in [0, 0.05) is 19.4 Å². The molecule has 0 heterocycles. The maximum Gasteiger partial charge on any atom is 0.330 e. The molecule has 0 aromatic heterocycles. The van der Waals surface area contributed by atoms with Crippen LogP contribution in [-0.2, 0) is 28.6 Å². The summed E-state index contributed by atoms with van der Waals surface area (Å²) in [6.45, 7) is 22.7. The number of carbonyl (C=O) groups excluding carboxylic acids is 3. The van der Waals surface area contributed by atoms with Crippen LogP contribution in [-0.4, -0.2) is 24.5 Å². The van der Waals surface area contributed by atoms with Crippen LogP contribution in [0.3, 0.4) is 0 Å². The van der Waals surface area contributed by atoms with Gasteiger partial charge in [-0.25, -0.2) is 4.79 Å². The van der Waals surface area contributed by atoms with Crippen molar-refractivity contribution in [1.29, 1.82) is 0 Å². The van der Waals surface area contributed by atoms with Gasteiger partial charge in [-0.15, -0.1) is 0 Å². The van der Waals surface area contributed by atoms with Gasteiger partial charge in [-0.1, -0.05) is 86.5 Å². The Hall–Kier alpha value is -2.37. The van der Waals surface area contributed by atoms with Gasteiger partial charge >= 0.3 is 17.9 Å². The average molecular weight is 469 g/mol. The van der Waals surface area contributed by atoms with Crippen LogP contribution < -0.4 is 0 Å². The molecule has 6 nitrogen and oxygen atoms in total. The van der Waals surface area contributed by atoms with Crippen LogP contribution in [0.4, 0.5) is 0 Å². The van der Waals surface area contributed by atoms with Gasteiger partial charge < -0.3 is 14.2 Å². The average Bonchev–Trinajstić information content (AvgIpc) is 2.73. The highest BCUT2D eigenvalue weighted by molar-refractivity contribution is 5.81. The van der Waals surface area contributed by atoms with E-state index in [0.717, 1.165) is 31.9 Å². The number of hydrogen-bond donors (Lipinski definition) is 0. The van der Waals surface area contributed by atoms with E-state index in [9.17, 15) is 14.4 Å². The van der Waals surface area contributed by atoms with E-state index in [1.165, 1.54) is 44.9 Å². The van der Waals surface area contributed by atoms with Crippen molar-refractivity contribution in [2.75, 3.05) is 6.61 Å². The van der Waals surface area contributed by atoms with Crippen molar-refractivity contribution in [3.8, 4) is 0 Å². The van der Waals surface area contributed by atoms with Gasteiger partial charge in [-0.2, -0.15) is 0 Å². The molecule has 1 atom stereocenters. The highest BCUT2D eigenvalue weighted by Gasteiger charge is 2.09. The largest absolute Gasteiger partial charge is 0.462 e. The quantitative estimate of drug-likeness (QED) is 0.0875. The van der Waals surface area contributed by atoms with Gasteiger partial charge in [-0.3, -0.25) is 9.59 Å². The highest BCUT2D eigenvalue weighted by Crippen LogP contribution is 2.22. The third-order valence-electron chi connectivity index (χ3n) is 4.44. The molecule has 0 saturated heterocycles. The van der Waals surface area contributed by atoms with E-state index >= 15 is 0 Å². The van der Waals surface area contributed by atoms with Crippen LogP contribution in [0.5, 0.6) is 0 Å². The van der Waals surface area contributed by atoms with Crippen LogP contribution in [0, 0.1) is 11.3 Å². The molecule has 1 unspecified atom stereocenters. The van der Waals surface area contributed by atoms with Crippen LogP contribution in [0.2, 0.25) is 0 Å². The van der Waals surface area contributed by atoms with Gasteiger partial charge in [0.15, 0.2) is 0 Å². The lowest BCUT2D eigenvalue weighted by molar-refractivity contribution is -0.139. The molecule has 0 spiro atoms. The molecule has 0 amide bonds. The van der Waals surface area contributed by atoms with E-state index < -0.39 is 0 Å². The number of unbranched alkanes of at least 4 members (excludes halogenated alkanes) is 3. The van der Waals surface area contributed by atoms with E-state index in [4.69, 9.17) is 4.74 Å². The lowest BCUT2D eigenvalue weighted by Gasteiger charge is -2.17. The molecule has 0 aromatic rings. The summed E-state index contributed by atoms with van der Waals surface area (Å²) in [4.78, 5) is 31.4. The molecule has 6 heteroatoms. The van der Waals surface area contributed by atoms with Crippen molar-refractivity contribution >= 4 is 17.9 Å². The summed E-state index contributed by atoms with van der Waals surface area (Å²) in [7, 11) is 0. The zero-order chi connectivity index (χ0) is 26.1. The molecule has 0 aliphatic rings. The first-order chi connectivity index (χ1) is 15.5. The predicted octanol–water partition coefficient (Wildman–Crippen LogP) is 7.29. The topological polar surface area (TPSA) is 78.9 Å². The second-order valence-corrected chi connectivity index (χ2v) is 8.80. The minimum atomic E-state index is -0.329. The monoisotopic (exact) mass is 468 g/mol. The Morgan fingerprint density at radius 2 is 1.52 bits per heavy atom. The van der Waals surface area contributed by atoms with Crippen LogP contribution in [0.25, 0.3) is 0 Å². The minimum absolute atomic E-state index is 0.171. The van der Waals surface area contributed by atoms with Gasteiger partial charge in [0.25, 0.3) is 0 Å². The van der Waals surface area contributed by atoms with Gasteiger partial charge in [0.05, 0.1) is 19.1 Å². The van der Waals surface area contributed by atoms with Crippen molar-refractivity contribution in [2.45, 2.75) is 99.3 Å². The molecule has 0 N–H and O–H groups in total. The predicted molar refractivity (Wildman–Crippen MR) is 135 cm³/mol. The Bertz CT molecular complexity index is 545. The Morgan fingerprint density at radius 3 is 1.91 bits per heavy atom. The molecular formula is C27H48O6. The second-order valence-electron chi connectivity index (χ2n) is 8.80. The third kappa shape index (κ3) is 34.4. The molecule has 192 valence electrons. The van der Waals surface area contributed by atoms with Crippen molar-refractivity contribution < 1.29 is 28.6 Å². The van der Waals surface area contributed by atoms with Crippen LogP contribution in [0.1, 0.15) is 99.3 Å². The van der Waals surface area contributed by atoms with Gasteiger partial charge in [0.2, 0.25) is 0 Å². The number of hydrogen-bond acceptors (Lipinski definition) is 6. The third-order valence-corrected chi connectivity index (χ3v) is 4.44. The summed E-state index contributed by atoms with van der Waals surface area (Å²) < 4.78 is 13.8. The summed E-state index contributed by atoms with van der Waals surface area (Å²) >= 11 is 0. The SMILES string of the molecule is C=CC(=O)OCC(CC)CCCC.C=COC(=O)CCCCCC(C)(C)C.C=COC(C)=O. The maximum absolute atomic E-state index is 10.9. The van der Waals surface area contributed by atoms with Crippen molar-refractivity contribution in [2.24, 2.45) is 11.3 Å². The highest BCUT2D eigenvalue weighted by atomic mass is 16.5. The lowest BCUT2D eigenvalue weighted by Crippen LogP contribution is -2.12. The Balaban J connectivity index is -0.000000441. The molecule has 0 saturated carbocycles. The van der Waals surface area contributed by atoms with Crippen molar-refractivity contribution in [3.05, 3.63) is 38.3 Å². The van der Waals surface area contributed by atoms with E-state index in [1.807, 2.05) is 0 Å². The lowest BCUT2D eigenvalue weighted by atomic mass is 9.89.